The van der Waals surface area contributed by atoms with E-state index < -0.39 is 0 Å². The predicted octanol–water partition coefficient (Wildman–Crippen LogP) is 3.24. The molecule has 2 aromatic rings. The molecule has 0 heterocycles. The molecule has 20 heavy (non-hydrogen) atoms. The van der Waals surface area contributed by atoms with Crippen LogP contribution in [-0.4, -0.2) is 12.9 Å². The molecule has 0 saturated heterocycles. The Balaban J connectivity index is 0.00000147. The molecule has 0 bridgehead atoms. The first kappa shape index (κ1) is 15.4. The topological polar surface area (TPSA) is 26.3 Å². The van der Waals surface area contributed by atoms with Crippen LogP contribution < -0.4 is 4.74 Å². The van der Waals surface area contributed by atoms with Gasteiger partial charge in [-0.05, 0) is 43.0 Å². The normalized spacial score (nSPS) is 12.2. The SMILES string of the molecule is COc1cc(C)c(C)c2c1C(=O)c1ccc[c-]c1C2.[Y]. The number of fused-ring (bicyclic) bond motifs is 2. The average molecular weight is 340 g/mol. The van der Waals surface area contributed by atoms with Gasteiger partial charge in [-0.15, -0.1) is 5.56 Å². The molecular formula is C17H15O2Y-. The molecule has 99 valence electrons. The van der Waals surface area contributed by atoms with Crippen molar-refractivity contribution in [3.8, 4) is 5.75 Å². The number of ether oxygens (including phenoxy) is 1. The van der Waals surface area contributed by atoms with Gasteiger partial charge in [0.05, 0.1) is 12.7 Å². The number of methoxy groups -OCH3 is 1. The molecule has 0 fully saturated rings. The summed E-state index contributed by atoms with van der Waals surface area (Å²) in [4.78, 5) is 12.7. The van der Waals surface area contributed by atoms with Crippen LogP contribution in [-0.2, 0) is 39.1 Å². The Morgan fingerprint density at radius 3 is 2.75 bits per heavy atom. The second kappa shape index (κ2) is 5.79. The Hall–Kier alpha value is -0.986. The van der Waals surface area contributed by atoms with Gasteiger partial charge in [0.1, 0.15) is 11.5 Å². The molecule has 0 unspecified atom stereocenters. The standard InChI is InChI=1S/C17H15O2.Y/c1-10-8-15(19-3)16-14(11(10)2)9-12-6-4-5-7-13(12)17(16)18;/h4-5,7-8H,9H2,1-3H3;/q-1;. The van der Waals surface area contributed by atoms with E-state index in [4.69, 9.17) is 4.74 Å². The van der Waals surface area contributed by atoms with Crippen molar-refractivity contribution in [1.82, 2.24) is 0 Å². The van der Waals surface area contributed by atoms with Crippen molar-refractivity contribution in [3.63, 3.8) is 0 Å². The van der Waals surface area contributed by atoms with Gasteiger partial charge >= 0.3 is 0 Å². The maximum Gasteiger partial charge on any atom is 0.143 e. The Labute approximate surface area is 144 Å². The third-order valence-electron chi connectivity index (χ3n) is 3.93. The fraction of sp³-hybridized carbons (Fsp3) is 0.235. The van der Waals surface area contributed by atoms with E-state index in [1.54, 1.807) is 7.11 Å². The third-order valence-corrected chi connectivity index (χ3v) is 3.93. The van der Waals surface area contributed by atoms with E-state index in [1.165, 1.54) is 5.56 Å². The largest absolute Gasteiger partial charge is 0.496 e. The quantitative estimate of drug-likeness (QED) is 0.636. The number of carbonyl (C=O) groups is 1. The maximum absolute atomic E-state index is 12.7. The summed E-state index contributed by atoms with van der Waals surface area (Å²) < 4.78 is 5.40. The maximum atomic E-state index is 12.7. The number of benzene rings is 2. The molecule has 0 aromatic heterocycles. The molecule has 1 aliphatic carbocycles. The molecule has 0 amide bonds. The fourth-order valence-electron chi connectivity index (χ4n) is 2.72. The van der Waals surface area contributed by atoms with Crippen molar-refractivity contribution in [3.05, 3.63) is 63.7 Å². The molecule has 3 heteroatoms. The minimum atomic E-state index is 0. The second-order valence-electron chi connectivity index (χ2n) is 4.94. The van der Waals surface area contributed by atoms with Crippen LogP contribution in [0.4, 0.5) is 0 Å². The van der Waals surface area contributed by atoms with Crippen molar-refractivity contribution in [2.75, 3.05) is 7.11 Å². The van der Waals surface area contributed by atoms with E-state index in [-0.39, 0.29) is 38.5 Å². The van der Waals surface area contributed by atoms with Crippen molar-refractivity contribution in [2.24, 2.45) is 0 Å². The molecule has 0 spiro atoms. The number of aryl methyl sites for hydroxylation is 1. The van der Waals surface area contributed by atoms with Gasteiger partial charge in [0, 0.05) is 32.7 Å². The van der Waals surface area contributed by atoms with E-state index >= 15 is 0 Å². The predicted molar refractivity (Wildman–Crippen MR) is 74.0 cm³/mol. The summed E-state index contributed by atoms with van der Waals surface area (Å²) in [5.74, 6) is 0.727. The van der Waals surface area contributed by atoms with Crippen LogP contribution >= 0.6 is 0 Å². The summed E-state index contributed by atoms with van der Waals surface area (Å²) in [6.45, 7) is 4.11. The summed E-state index contributed by atoms with van der Waals surface area (Å²) in [5, 5.41) is 0. The van der Waals surface area contributed by atoms with Gasteiger partial charge in [-0.1, -0.05) is 5.56 Å². The second-order valence-corrected chi connectivity index (χ2v) is 4.94. The molecule has 2 nitrogen and oxygen atoms in total. The molecule has 3 rings (SSSR count). The zero-order valence-corrected chi connectivity index (χ0v) is 14.7. The Kier molecular flexibility index (Phi) is 4.46. The molecule has 2 aromatic carbocycles. The molecule has 0 aliphatic heterocycles. The molecule has 1 aliphatic rings. The number of hydrogen-bond acceptors (Lipinski definition) is 2. The van der Waals surface area contributed by atoms with Gasteiger partial charge in [0.2, 0.25) is 0 Å². The van der Waals surface area contributed by atoms with Gasteiger partial charge in [-0.25, -0.2) is 0 Å². The number of carbonyl (C=O) groups excluding carboxylic acids is 1. The van der Waals surface area contributed by atoms with Crippen LogP contribution in [0.15, 0.2) is 24.3 Å². The van der Waals surface area contributed by atoms with Crippen molar-refractivity contribution in [1.29, 1.82) is 0 Å². The first-order chi connectivity index (χ1) is 9.13. The first-order valence-corrected chi connectivity index (χ1v) is 6.34. The van der Waals surface area contributed by atoms with Crippen LogP contribution in [0.2, 0.25) is 0 Å². The number of hydrogen-bond donors (Lipinski definition) is 0. The first-order valence-electron chi connectivity index (χ1n) is 6.34. The van der Waals surface area contributed by atoms with Crippen molar-refractivity contribution < 1.29 is 42.2 Å². The molecule has 0 N–H and O–H groups in total. The number of ketones is 1. The zero-order chi connectivity index (χ0) is 13.6. The fourth-order valence-corrected chi connectivity index (χ4v) is 2.72. The van der Waals surface area contributed by atoms with E-state index in [0.717, 1.165) is 34.2 Å². The van der Waals surface area contributed by atoms with Crippen LogP contribution in [0, 0.1) is 19.9 Å². The smallest absolute Gasteiger partial charge is 0.143 e. The van der Waals surface area contributed by atoms with Gasteiger partial charge < -0.3 is 9.53 Å². The molecule has 0 saturated carbocycles. The monoisotopic (exact) mass is 340 g/mol. The van der Waals surface area contributed by atoms with Crippen LogP contribution in [0.1, 0.15) is 38.2 Å². The summed E-state index contributed by atoms with van der Waals surface area (Å²) in [7, 11) is 1.62. The number of rotatable bonds is 1. The van der Waals surface area contributed by atoms with E-state index in [9.17, 15) is 4.79 Å². The van der Waals surface area contributed by atoms with E-state index in [0.29, 0.717) is 5.75 Å². The van der Waals surface area contributed by atoms with Crippen molar-refractivity contribution >= 4 is 5.78 Å². The summed E-state index contributed by atoms with van der Waals surface area (Å²) in [6.07, 6.45) is 0.751. The molecular weight excluding hydrogens is 325 g/mol. The minimum absolute atomic E-state index is 0. The van der Waals surface area contributed by atoms with E-state index in [2.05, 4.69) is 13.0 Å². The third kappa shape index (κ3) is 2.25. The van der Waals surface area contributed by atoms with Gasteiger partial charge in [0.15, 0.2) is 0 Å². The zero-order valence-electron chi connectivity index (χ0n) is 11.9. The average Bonchev–Trinajstić information content (AvgIpc) is 2.43. The summed E-state index contributed by atoms with van der Waals surface area (Å²) in [5.41, 5.74) is 5.86. The molecule has 0 atom stereocenters. The van der Waals surface area contributed by atoms with Crippen LogP contribution in [0.3, 0.4) is 0 Å². The van der Waals surface area contributed by atoms with Gasteiger partial charge in [-0.2, -0.15) is 24.3 Å². The van der Waals surface area contributed by atoms with Crippen LogP contribution in [0.25, 0.3) is 0 Å². The summed E-state index contributed by atoms with van der Waals surface area (Å²) >= 11 is 0. The summed E-state index contributed by atoms with van der Waals surface area (Å²) in [6, 6.07) is 10.7. The molecule has 1 radical (unpaired) electrons. The Morgan fingerprint density at radius 2 is 2.05 bits per heavy atom. The Bertz CT molecular complexity index is 690. The van der Waals surface area contributed by atoms with Crippen LogP contribution in [0.5, 0.6) is 5.75 Å². The minimum Gasteiger partial charge on any atom is -0.496 e. The van der Waals surface area contributed by atoms with Gasteiger partial charge in [0.25, 0.3) is 0 Å². The Morgan fingerprint density at radius 1 is 1.30 bits per heavy atom. The van der Waals surface area contributed by atoms with Crippen molar-refractivity contribution in [2.45, 2.75) is 20.3 Å². The van der Waals surface area contributed by atoms with E-state index in [1.807, 2.05) is 31.2 Å². The van der Waals surface area contributed by atoms with Gasteiger partial charge in [-0.3, -0.25) is 0 Å².